The third-order valence-electron chi connectivity index (χ3n) is 2.65. The normalized spacial score (nSPS) is 13.7. The van der Waals surface area contributed by atoms with Gasteiger partial charge in [-0.25, -0.2) is 0 Å². The van der Waals surface area contributed by atoms with Crippen molar-refractivity contribution in [1.29, 1.82) is 0 Å². The predicted octanol–water partition coefficient (Wildman–Crippen LogP) is 4.29. The zero-order chi connectivity index (χ0) is 16.0. The van der Waals surface area contributed by atoms with Crippen LogP contribution in [0.1, 0.15) is 47.0 Å². The number of hydrogen-bond acceptors (Lipinski definition) is 4. The van der Waals surface area contributed by atoms with Gasteiger partial charge in [0.25, 0.3) is 0 Å². The number of nitrogen functional groups attached to an aromatic ring is 2. The smallest absolute Gasteiger partial charge is 0.0558 e. The molecule has 0 bridgehead atoms. The molecule has 1 heterocycles. The summed E-state index contributed by atoms with van der Waals surface area (Å²) in [6, 6.07) is 5.25. The van der Waals surface area contributed by atoms with Crippen LogP contribution < -0.4 is 11.5 Å². The highest BCUT2D eigenvalue weighted by Crippen LogP contribution is 2.17. The van der Waals surface area contributed by atoms with Crippen LogP contribution in [0.4, 0.5) is 11.4 Å². The molecule has 4 N–H and O–H groups in total. The lowest BCUT2D eigenvalue weighted by atomic mass is 10.1. The predicted molar refractivity (Wildman–Crippen MR) is 96.6 cm³/mol. The van der Waals surface area contributed by atoms with Gasteiger partial charge >= 0.3 is 0 Å². The second-order valence-corrected chi connectivity index (χ2v) is 4.69. The van der Waals surface area contributed by atoms with Gasteiger partial charge in [0.15, 0.2) is 0 Å². The van der Waals surface area contributed by atoms with Gasteiger partial charge in [-0.05, 0) is 51.2 Å². The first-order chi connectivity index (χ1) is 9.59. The van der Waals surface area contributed by atoms with Gasteiger partial charge in [-0.3, -0.25) is 0 Å². The van der Waals surface area contributed by atoms with Crippen molar-refractivity contribution in [2.75, 3.05) is 31.6 Å². The molecule has 1 aromatic rings. The van der Waals surface area contributed by atoms with E-state index in [1.165, 1.54) is 32.4 Å². The topological polar surface area (TPSA) is 55.3 Å². The van der Waals surface area contributed by atoms with Crippen LogP contribution in [-0.4, -0.2) is 25.0 Å². The molecule has 1 aromatic carbocycles. The Bertz CT molecular complexity index is 323. The molecule has 1 fully saturated rings. The van der Waals surface area contributed by atoms with Crippen LogP contribution in [0.5, 0.6) is 0 Å². The maximum absolute atomic E-state index is 5.45. The lowest BCUT2D eigenvalue weighted by molar-refractivity contribution is 0.277. The van der Waals surface area contributed by atoms with Gasteiger partial charge in [0, 0.05) is 4.90 Å². The van der Waals surface area contributed by atoms with E-state index in [-0.39, 0.29) is 0 Å². The average molecular weight is 300 g/mol. The van der Waals surface area contributed by atoms with Gasteiger partial charge in [-0.1, -0.05) is 34.1 Å². The fourth-order valence-corrected chi connectivity index (χ4v) is 1.83. The number of nitrogens with zero attached hydrogens (tertiary/aromatic N) is 1. The molecule has 4 heteroatoms. The molecule has 1 aliphatic heterocycles. The van der Waals surface area contributed by atoms with E-state index < -0.39 is 0 Å². The highest BCUT2D eigenvalue weighted by atomic mass is 32.1. The highest BCUT2D eigenvalue weighted by molar-refractivity contribution is 7.80. The molecule has 0 atom stereocenters. The number of thiol groups is 1. The summed E-state index contributed by atoms with van der Waals surface area (Å²) in [7, 11) is 2.19. The van der Waals surface area contributed by atoms with Gasteiger partial charge in [-0.15, -0.1) is 12.6 Å². The third kappa shape index (κ3) is 11.0. The average Bonchev–Trinajstić information content (AvgIpc) is 2.49. The summed E-state index contributed by atoms with van der Waals surface area (Å²) in [5, 5.41) is 0. The van der Waals surface area contributed by atoms with Gasteiger partial charge in [0.1, 0.15) is 0 Å². The Labute approximate surface area is 131 Å². The van der Waals surface area contributed by atoms with Crippen LogP contribution in [-0.2, 0) is 0 Å². The zero-order valence-corrected chi connectivity index (χ0v) is 14.7. The number of benzene rings is 1. The van der Waals surface area contributed by atoms with Gasteiger partial charge in [0.2, 0.25) is 0 Å². The summed E-state index contributed by atoms with van der Waals surface area (Å²) in [6.07, 6.45) is 4.28. The van der Waals surface area contributed by atoms with Crippen molar-refractivity contribution in [1.82, 2.24) is 4.90 Å². The Morgan fingerprint density at radius 2 is 1.40 bits per heavy atom. The Balaban J connectivity index is 0. The van der Waals surface area contributed by atoms with Crippen molar-refractivity contribution in [3.05, 3.63) is 18.2 Å². The molecule has 0 radical (unpaired) electrons. The Hall–Kier alpha value is -0.870. The number of rotatable bonds is 0. The third-order valence-corrected chi connectivity index (χ3v) is 2.93. The van der Waals surface area contributed by atoms with Gasteiger partial charge < -0.3 is 16.4 Å². The van der Waals surface area contributed by atoms with E-state index in [4.69, 9.17) is 11.5 Å². The summed E-state index contributed by atoms with van der Waals surface area (Å²) >= 11 is 4.07. The summed E-state index contributed by atoms with van der Waals surface area (Å²) in [6.45, 7) is 10.6. The minimum absolute atomic E-state index is 0.586. The standard InChI is InChI=1S/C6H8N2S.C6H13N.2C2H6/c7-5-2-1-4(9)3-6(5)8;1-7-5-3-2-4-6-7;2*1-2/h1-3,9H,7-8H2;2-6H2,1H3;2*1-2H3. The van der Waals surface area contributed by atoms with E-state index in [1.807, 2.05) is 27.7 Å². The second kappa shape index (κ2) is 14.5. The molecule has 1 aliphatic rings. The van der Waals surface area contributed by atoms with E-state index in [1.54, 1.807) is 18.2 Å². The zero-order valence-electron chi connectivity index (χ0n) is 13.8. The van der Waals surface area contributed by atoms with Crippen LogP contribution in [0.3, 0.4) is 0 Å². The van der Waals surface area contributed by atoms with Crippen LogP contribution >= 0.6 is 12.6 Å². The molecular weight excluding hydrogens is 266 g/mol. The lowest BCUT2D eigenvalue weighted by Crippen LogP contribution is -2.24. The van der Waals surface area contributed by atoms with Crippen molar-refractivity contribution < 1.29 is 0 Å². The fraction of sp³-hybridized carbons (Fsp3) is 0.625. The molecule has 0 spiro atoms. The van der Waals surface area contributed by atoms with Crippen molar-refractivity contribution in [3.63, 3.8) is 0 Å². The second-order valence-electron chi connectivity index (χ2n) is 4.18. The van der Waals surface area contributed by atoms with E-state index in [9.17, 15) is 0 Å². The van der Waals surface area contributed by atoms with Crippen LogP contribution in [0.25, 0.3) is 0 Å². The minimum Gasteiger partial charge on any atom is -0.397 e. The number of hydrogen-bond donors (Lipinski definition) is 3. The van der Waals surface area contributed by atoms with Gasteiger partial charge in [-0.2, -0.15) is 0 Å². The molecule has 0 aromatic heterocycles. The Morgan fingerprint density at radius 3 is 1.70 bits per heavy atom. The van der Waals surface area contributed by atoms with Crippen LogP contribution in [0, 0.1) is 0 Å². The molecule has 2 rings (SSSR count). The van der Waals surface area contributed by atoms with Gasteiger partial charge in [0.05, 0.1) is 11.4 Å². The minimum atomic E-state index is 0.586. The lowest BCUT2D eigenvalue weighted by Gasteiger charge is -2.20. The molecule has 20 heavy (non-hydrogen) atoms. The maximum atomic E-state index is 5.45. The summed E-state index contributed by atoms with van der Waals surface area (Å²) < 4.78 is 0. The monoisotopic (exact) mass is 299 g/mol. The molecule has 0 amide bonds. The first-order valence-corrected chi connectivity index (χ1v) is 8.07. The van der Waals surface area contributed by atoms with Crippen LogP contribution in [0.2, 0.25) is 0 Å². The number of nitrogens with two attached hydrogens (primary N) is 2. The number of piperidine rings is 1. The summed E-state index contributed by atoms with van der Waals surface area (Å²) in [5.74, 6) is 0. The Morgan fingerprint density at radius 1 is 0.900 bits per heavy atom. The molecule has 1 saturated heterocycles. The first-order valence-electron chi connectivity index (χ1n) is 7.62. The summed E-state index contributed by atoms with van der Waals surface area (Å²) in [5.41, 5.74) is 12.1. The van der Waals surface area contributed by atoms with E-state index >= 15 is 0 Å². The molecule has 0 aliphatic carbocycles. The fourth-order valence-electron chi connectivity index (χ4n) is 1.61. The quantitative estimate of drug-likeness (QED) is 0.494. The number of anilines is 2. The van der Waals surface area contributed by atoms with Crippen LogP contribution in [0.15, 0.2) is 23.1 Å². The van der Waals surface area contributed by atoms with E-state index in [2.05, 4.69) is 24.6 Å². The molecular formula is C16H33N3S. The van der Waals surface area contributed by atoms with Crippen molar-refractivity contribution in [2.45, 2.75) is 51.9 Å². The SMILES string of the molecule is CC.CC.CN1CCCCC1.Nc1ccc(S)cc1N. The molecule has 118 valence electrons. The Kier molecular flexibility index (Phi) is 15.6. The van der Waals surface area contributed by atoms with Crippen molar-refractivity contribution in [2.24, 2.45) is 0 Å². The van der Waals surface area contributed by atoms with E-state index in [0.29, 0.717) is 11.4 Å². The largest absolute Gasteiger partial charge is 0.397 e. The molecule has 0 unspecified atom stereocenters. The van der Waals surface area contributed by atoms with Crippen molar-refractivity contribution >= 4 is 24.0 Å². The van der Waals surface area contributed by atoms with E-state index in [0.717, 1.165) is 4.90 Å². The number of likely N-dealkylation sites (tertiary alicyclic amines) is 1. The first kappa shape index (κ1) is 21.4. The molecule has 3 nitrogen and oxygen atoms in total. The van der Waals surface area contributed by atoms with Crippen molar-refractivity contribution in [3.8, 4) is 0 Å². The molecule has 0 saturated carbocycles. The summed E-state index contributed by atoms with van der Waals surface area (Å²) in [4.78, 5) is 3.23. The maximum Gasteiger partial charge on any atom is 0.0558 e. The highest BCUT2D eigenvalue weighted by Gasteiger charge is 2.02.